The number of aromatic hydroxyl groups is 2. The summed E-state index contributed by atoms with van der Waals surface area (Å²) >= 11 is 0. The van der Waals surface area contributed by atoms with Gasteiger partial charge in [0, 0.05) is 18.0 Å². The average molecular weight is 301 g/mol. The maximum atomic E-state index is 12.1. The summed E-state index contributed by atoms with van der Waals surface area (Å²) in [5.74, 6) is -4.20. The van der Waals surface area contributed by atoms with Gasteiger partial charge in [0.25, 0.3) is 0 Å². The highest BCUT2D eigenvalue weighted by atomic mass is 16.5. The van der Waals surface area contributed by atoms with Gasteiger partial charge in [-0.2, -0.15) is 0 Å². The number of pyridine rings is 1. The lowest BCUT2D eigenvalue weighted by Gasteiger charge is -2.30. The number of fused-ring (bicyclic) bond motifs is 1. The van der Waals surface area contributed by atoms with Crippen LogP contribution in [-0.2, 0) is 9.53 Å². The molecule has 0 unspecified atom stereocenters. The van der Waals surface area contributed by atoms with Gasteiger partial charge in [-0.25, -0.2) is 4.79 Å². The predicted molar refractivity (Wildman–Crippen MR) is 72.5 cm³/mol. The van der Waals surface area contributed by atoms with Crippen molar-refractivity contribution in [3.63, 3.8) is 0 Å². The van der Waals surface area contributed by atoms with E-state index in [1.54, 1.807) is 12.1 Å². The van der Waals surface area contributed by atoms with Crippen LogP contribution in [0.25, 0.3) is 0 Å². The molecule has 7 nitrogen and oxygen atoms in total. The molecular formula is C15H11NO6. The van der Waals surface area contributed by atoms with Crippen LogP contribution in [0, 0.1) is 0 Å². The van der Waals surface area contributed by atoms with Crippen molar-refractivity contribution in [3.8, 4) is 11.5 Å². The second-order valence-electron chi connectivity index (χ2n) is 4.86. The van der Waals surface area contributed by atoms with Crippen molar-refractivity contribution in [1.29, 1.82) is 0 Å². The van der Waals surface area contributed by atoms with Gasteiger partial charge < -0.3 is 20.1 Å². The van der Waals surface area contributed by atoms with Crippen molar-refractivity contribution < 1.29 is 29.6 Å². The summed E-state index contributed by atoms with van der Waals surface area (Å²) < 4.78 is 5.22. The molecule has 1 aliphatic heterocycles. The highest BCUT2D eigenvalue weighted by Gasteiger charge is 2.42. The van der Waals surface area contributed by atoms with E-state index in [0.29, 0.717) is 5.56 Å². The van der Waals surface area contributed by atoms with Crippen LogP contribution in [0.1, 0.15) is 33.5 Å². The fourth-order valence-corrected chi connectivity index (χ4v) is 2.50. The van der Waals surface area contributed by atoms with E-state index in [-0.39, 0.29) is 11.1 Å². The number of hydrogen-bond acceptors (Lipinski definition) is 6. The first-order valence-corrected chi connectivity index (χ1v) is 6.38. The summed E-state index contributed by atoms with van der Waals surface area (Å²) in [4.78, 5) is 27.6. The van der Waals surface area contributed by atoms with E-state index in [1.807, 2.05) is 0 Å². The number of phenols is 2. The smallest absolute Gasteiger partial charge is 0.339 e. The largest absolute Gasteiger partial charge is 0.504 e. The maximum absolute atomic E-state index is 12.1. The first kappa shape index (κ1) is 13.9. The van der Waals surface area contributed by atoms with Crippen molar-refractivity contribution in [2.75, 3.05) is 0 Å². The van der Waals surface area contributed by atoms with Crippen molar-refractivity contribution in [2.24, 2.45) is 0 Å². The van der Waals surface area contributed by atoms with Crippen LogP contribution >= 0.6 is 0 Å². The molecule has 0 aliphatic carbocycles. The van der Waals surface area contributed by atoms with Gasteiger partial charge in [0.2, 0.25) is 0 Å². The van der Waals surface area contributed by atoms with Crippen LogP contribution in [0.5, 0.6) is 11.5 Å². The van der Waals surface area contributed by atoms with Crippen molar-refractivity contribution >= 4 is 11.9 Å². The Labute approximate surface area is 124 Å². The lowest BCUT2D eigenvalue weighted by atomic mass is 9.84. The average Bonchev–Trinajstić information content (AvgIpc) is 2.49. The third-order valence-corrected chi connectivity index (χ3v) is 3.52. The van der Waals surface area contributed by atoms with Crippen LogP contribution in [0.15, 0.2) is 36.7 Å². The lowest BCUT2D eigenvalue weighted by molar-refractivity contribution is -0.142. The molecule has 0 radical (unpaired) electrons. The Kier molecular flexibility index (Phi) is 3.17. The Morgan fingerprint density at radius 1 is 1.23 bits per heavy atom. The summed E-state index contributed by atoms with van der Waals surface area (Å²) in [7, 11) is 0. The number of carbonyl (C=O) groups is 2. The van der Waals surface area contributed by atoms with Crippen LogP contribution in [-0.4, -0.2) is 32.2 Å². The number of carboxylic acids is 1. The molecule has 2 atom stereocenters. The topological polar surface area (TPSA) is 117 Å². The maximum Gasteiger partial charge on any atom is 0.339 e. The first-order chi connectivity index (χ1) is 10.5. The molecule has 1 aromatic carbocycles. The molecule has 1 aromatic heterocycles. The zero-order chi connectivity index (χ0) is 15.9. The number of rotatable bonds is 2. The second kappa shape index (κ2) is 5.03. The molecule has 0 fully saturated rings. The summed E-state index contributed by atoms with van der Waals surface area (Å²) in [6, 6.07) is 5.29. The predicted octanol–water partition coefficient (Wildman–Crippen LogP) is 1.57. The molecule has 0 amide bonds. The third-order valence-electron chi connectivity index (χ3n) is 3.52. The second-order valence-corrected chi connectivity index (χ2v) is 4.86. The molecule has 7 heteroatoms. The van der Waals surface area contributed by atoms with E-state index >= 15 is 0 Å². The molecule has 2 aromatic rings. The Bertz CT molecular complexity index is 758. The van der Waals surface area contributed by atoms with E-state index in [4.69, 9.17) is 4.74 Å². The van der Waals surface area contributed by atoms with Crippen LogP contribution < -0.4 is 0 Å². The third kappa shape index (κ3) is 2.12. The van der Waals surface area contributed by atoms with Gasteiger partial charge in [0.15, 0.2) is 11.5 Å². The molecule has 112 valence electrons. The zero-order valence-corrected chi connectivity index (χ0v) is 11.1. The Balaban J connectivity index is 2.18. The highest BCUT2D eigenvalue weighted by molar-refractivity contribution is 5.97. The number of carbonyl (C=O) groups excluding carboxylic acids is 1. The van der Waals surface area contributed by atoms with Crippen LogP contribution in [0.4, 0.5) is 0 Å². The molecule has 3 rings (SSSR count). The van der Waals surface area contributed by atoms with Crippen LogP contribution in [0.2, 0.25) is 0 Å². The number of benzene rings is 1. The first-order valence-electron chi connectivity index (χ1n) is 6.38. The van der Waals surface area contributed by atoms with E-state index in [2.05, 4.69) is 4.98 Å². The number of phenolic OH excluding ortho intramolecular Hbond substituents is 2. The lowest BCUT2D eigenvalue weighted by Crippen LogP contribution is -2.31. The number of ether oxygens (including phenoxy) is 1. The van der Waals surface area contributed by atoms with E-state index < -0.39 is 35.5 Å². The number of esters is 1. The normalized spacial score (nSPS) is 20.1. The summed E-state index contributed by atoms with van der Waals surface area (Å²) in [6.07, 6.45) is 1.87. The molecule has 0 spiro atoms. The molecule has 0 saturated carbocycles. The van der Waals surface area contributed by atoms with Gasteiger partial charge in [-0.3, -0.25) is 9.78 Å². The summed E-state index contributed by atoms with van der Waals surface area (Å²) in [5.41, 5.74) is 0.442. The minimum atomic E-state index is -1.22. The Morgan fingerprint density at radius 3 is 2.59 bits per heavy atom. The summed E-state index contributed by atoms with van der Waals surface area (Å²) in [5, 5.41) is 28.6. The number of carboxylic acid groups (broad SMARTS) is 1. The minimum Gasteiger partial charge on any atom is -0.504 e. The Hall–Kier alpha value is -3.09. The SMILES string of the molecule is O=C1O[C@H](c2cccnc2)[C@@H](C(=O)O)c2cc(O)c(O)cc21. The fourth-order valence-electron chi connectivity index (χ4n) is 2.50. The van der Waals surface area contributed by atoms with Crippen molar-refractivity contribution in [2.45, 2.75) is 12.0 Å². The van der Waals surface area contributed by atoms with Crippen molar-refractivity contribution in [3.05, 3.63) is 53.3 Å². The molecule has 0 bridgehead atoms. The van der Waals surface area contributed by atoms with Gasteiger partial charge in [-0.15, -0.1) is 0 Å². The quantitative estimate of drug-likeness (QED) is 0.569. The molecule has 22 heavy (non-hydrogen) atoms. The van der Waals surface area contributed by atoms with Gasteiger partial charge in [0.1, 0.15) is 12.0 Å². The van der Waals surface area contributed by atoms with Gasteiger partial charge in [0.05, 0.1) is 5.56 Å². The van der Waals surface area contributed by atoms with Crippen LogP contribution in [0.3, 0.4) is 0 Å². The van der Waals surface area contributed by atoms with Crippen molar-refractivity contribution in [1.82, 2.24) is 4.98 Å². The number of hydrogen-bond donors (Lipinski definition) is 3. The zero-order valence-electron chi connectivity index (χ0n) is 11.1. The van der Waals surface area contributed by atoms with Gasteiger partial charge in [-0.05, 0) is 23.8 Å². The van der Waals surface area contributed by atoms with E-state index in [0.717, 1.165) is 12.1 Å². The number of aliphatic carboxylic acids is 1. The molecule has 0 saturated heterocycles. The summed E-state index contributed by atoms with van der Waals surface area (Å²) in [6.45, 7) is 0. The molecule has 3 N–H and O–H groups in total. The standard InChI is InChI=1S/C15H11NO6/c17-10-4-8-9(5-11(10)18)15(21)22-13(12(8)14(19)20)7-2-1-3-16-6-7/h1-6,12-13,17-18H,(H,19,20)/t12-,13+/m0/s1. The molecule has 1 aliphatic rings. The van der Waals surface area contributed by atoms with E-state index in [1.165, 1.54) is 12.4 Å². The van der Waals surface area contributed by atoms with Gasteiger partial charge >= 0.3 is 11.9 Å². The monoisotopic (exact) mass is 301 g/mol. The number of cyclic esters (lactones) is 1. The minimum absolute atomic E-state index is 0.0807. The van der Waals surface area contributed by atoms with E-state index in [9.17, 15) is 24.9 Å². The molecule has 2 heterocycles. The highest BCUT2D eigenvalue weighted by Crippen LogP contribution is 2.43. The molecular weight excluding hydrogens is 290 g/mol. The number of nitrogens with zero attached hydrogens (tertiary/aromatic N) is 1. The number of aromatic nitrogens is 1. The van der Waals surface area contributed by atoms with Gasteiger partial charge in [-0.1, -0.05) is 6.07 Å². The Morgan fingerprint density at radius 2 is 1.95 bits per heavy atom. The fraction of sp³-hybridized carbons (Fsp3) is 0.133.